The van der Waals surface area contributed by atoms with Crippen molar-refractivity contribution in [2.45, 2.75) is 72.9 Å². The molecular weight excluding hydrogens is 378 g/mol. The zero-order valence-corrected chi connectivity index (χ0v) is 19.1. The van der Waals surface area contributed by atoms with E-state index in [2.05, 4.69) is 68.4 Å². The van der Waals surface area contributed by atoms with E-state index in [0.29, 0.717) is 6.04 Å². The van der Waals surface area contributed by atoms with Gasteiger partial charge >= 0.3 is 0 Å². The number of benzene rings is 1. The van der Waals surface area contributed by atoms with E-state index in [1.165, 1.54) is 53.7 Å². The monoisotopic (exact) mass is 409 g/mol. The van der Waals surface area contributed by atoms with Crippen molar-refractivity contribution in [3.63, 3.8) is 0 Å². The minimum atomic E-state index is 0.602. The average molecular weight is 410 g/mol. The highest BCUT2D eigenvalue weighted by atomic mass is 35.5. The van der Waals surface area contributed by atoms with Gasteiger partial charge in [0.15, 0.2) is 0 Å². The summed E-state index contributed by atoms with van der Waals surface area (Å²) >= 11 is 6.70. The first-order valence-electron chi connectivity index (χ1n) is 11.0. The Bertz CT molecular complexity index is 1040. The van der Waals surface area contributed by atoms with Crippen molar-refractivity contribution >= 4 is 28.3 Å². The van der Waals surface area contributed by atoms with Gasteiger partial charge in [-0.3, -0.25) is 4.98 Å². The van der Waals surface area contributed by atoms with Crippen LogP contribution in [0.1, 0.15) is 56.5 Å². The molecule has 3 aromatic rings. The van der Waals surface area contributed by atoms with Gasteiger partial charge in [-0.15, -0.1) is 0 Å². The average Bonchev–Trinajstić information content (AvgIpc) is 2.95. The second-order valence-corrected chi connectivity index (χ2v) is 8.91. The lowest BCUT2D eigenvalue weighted by Crippen LogP contribution is -2.40. The smallest absolute Gasteiger partial charge is 0.0987 e. The zero-order valence-electron chi connectivity index (χ0n) is 18.3. The van der Waals surface area contributed by atoms with E-state index in [1.54, 1.807) is 0 Å². The maximum absolute atomic E-state index is 6.70. The van der Waals surface area contributed by atoms with E-state index >= 15 is 0 Å². The Kier molecular flexibility index (Phi) is 5.61. The van der Waals surface area contributed by atoms with E-state index in [0.717, 1.165) is 34.9 Å². The molecule has 0 aliphatic carbocycles. The zero-order chi connectivity index (χ0) is 20.7. The molecule has 2 aromatic heterocycles. The van der Waals surface area contributed by atoms with Gasteiger partial charge in [0.2, 0.25) is 0 Å². The van der Waals surface area contributed by atoms with Gasteiger partial charge in [0.25, 0.3) is 0 Å². The van der Waals surface area contributed by atoms with Crippen molar-refractivity contribution in [2.75, 3.05) is 11.4 Å². The van der Waals surface area contributed by atoms with Crippen molar-refractivity contribution in [3.05, 3.63) is 46.2 Å². The van der Waals surface area contributed by atoms with Crippen LogP contribution in [0.25, 0.3) is 22.2 Å². The summed E-state index contributed by atoms with van der Waals surface area (Å²) in [6, 6.07) is 9.24. The number of aromatic nitrogens is 2. The Morgan fingerprint density at radius 2 is 1.76 bits per heavy atom. The highest BCUT2D eigenvalue weighted by Gasteiger charge is 2.29. The Morgan fingerprint density at radius 3 is 2.41 bits per heavy atom. The topological polar surface area (TPSA) is 21.1 Å². The van der Waals surface area contributed by atoms with Gasteiger partial charge in [0, 0.05) is 46.7 Å². The molecule has 4 heteroatoms. The van der Waals surface area contributed by atoms with Crippen LogP contribution in [0.15, 0.2) is 24.3 Å². The van der Waals surface area contributed by atoms with Crippen LogP contribution < -0.4 is 4.90 Å². The van der Waals surface area contributed by atoms with Crippen molar-refractivity contribution in [2.24, 2.45) is 0 Å². The molecule has 0 N–H and O–H groups in total. The summed E-state index contributed by atoms with van der Waals surface area (Å²) in [5, 5.41) is 0.808. The standard InChI is InChI=1S/C25H32ClN3/c1-6-8-19(9-7-2)29-13-12-28-18(5)23(20-11-10-16(3)14-21(20)26)24-25(28)22(29)15-17(4)27-24/h10-11,14-15,19H,6-9,12-13H2,1-5H3. The van der Waals surface area contributed by atoms with E-state index in [-0.39, 0.29) is 0 Å². The fourth-order valence-electron chi connectivity index (χ4n) is 5.04. The summed E-state index contributed by atoms with van der Waals surface area (Å²) in [7, 11) is 0. The van der Waals surface area contributed by atoms with E-state index < -0.39 is 0 Å². The van der Waals surface area contributed by atoms with Crippen molar-refractivity contribution in [1.82, 2.24) is 9.55 Å². The van der Waals surface area contributed by atoms with Crippen LogP contribution in [0.5, 0.6) is 0 Å². The second kappa shape index (κ2) is 8.02. The molecule has 0 amide bonds. The Labute approximate surface area is 179 Å². The number of nitrogens with zero attached hydrogens (tertiary/aromatic N) is 3. The molecule has 1 aliphatic heterocycles. The van der Waals surface area contributed by atoms with Gasteiger partial charge in [-0.05, 0) is 51.3 Å². The van der Waals surface area contributed by atoms with Crippen molar-refractivity contribution in [3.8, 4) is 11.1 Å². The molecule has 3 heterocycles. The van der Waals surface area contributed by atoms with E-state index in [1.807, 2.05) is 0 Å². The highest BCUT2D eigenvalue weighted by Crippen LogP contribution is 2.43. The second-order valence-electron chi connectivity index (χ2n) is 8.50. The minimum Gasteiger partial charge on any atom is -0.365 e. The van der Waals surface area contributed by atoms with E-state index in [9.17, 15) is 0 Å². The molecule has 154 valence electrons. The number of hydrogen-bond donors (Lipinski definition) is 0. The predicted molar refractivity (Wildman–Crippen MR) is 125 cm³/mol. The third kappa shape index (κ3) is 3.44. The summed E-state index contributed by atoms with van der Waals surface area (Å²) < 4.78 is 2.47. The Hall–Kier alpha value is -2.00. The molecule has 0 saturated heterocycles. The van der Waals surface area contributed by atoms with Gasteiger partial charge in [-0.2, -0.15) is 0 Å². The maximum atomic E-state index is 6.70. The van der Waals surface area contributed by atoms with Gasteiger partial charge < -0.3 is 9.47 Å². The summed E-state index contributed by atoms with van der Waals surface area (Å²) in [4.78, 5) is 7.68. The predicted octanol–water partition coefficient (Wildman–Crippen LogP) is 7.07. The normalized spacial score (nSPS) is 13.7. The molecule has 29 heavy (non-hydrogen) atoms. The molecule has 1 aromatic carbocycles. The molecule has 4 rings (SSSR count). The number of pyridine rings is 1. The first-order valence-corrected chi connectivity index (χ1v) is 11.4. The van der Waals surface area contributed by atoms with Crippen LogP contribution in [0.4, 0.5) is 5.69 Å². The number of halogens is 1. The lowest BCUT2D eigenvalue weighted by atomic mass is 10.0. The molecular formula is C25H32ClN3. The summed E-state index contributed by atoms with van der Waals surface area (Å²) in [5.74, 6) is 0. The lowest BCUT2D eigenvalue weighted by Gasteiger charge is -2.38. The quantitative estimate of drug-likeness (QED) is 0.434. The third-order valence-electron chi connectivity index (χ3n) is 6.33. The Balaban J connectivity index is 1.96. The molecule has 0 saturated carbocycles. The van der Waals surface area contributed by atoms with Crippen molar-refractivity contribution < 1.29 is 0 Å². The lowest BCUT2D eigenvalue weighted by molar-refractivity contribution is 0.482. The van der Waals surface area contributed by atoms with Gasteiger partial charge in [-0.25, -0.2) is 0 Å². The largest absolute Gasteiger partial charge is 0.365 e. The molecule has 0 atom stereocenters. The molecule has 1 aliphatic rings. The molecule has 0 radical (unpaired) electrons. The molecule has 0 fully saturated rings. The summed E-state index contributed by atoms with van der Waals surface area (Å²) in [6.07, 6.45) is 4.93. The van der Waals surface area contributed by atoms with Gasteiger partial charge in [-0.1, -0.05) is 50.4 Å². The highest BCUT2D eigenvalue weighted by molar-refractivity contribution is 6.34. The molecule has 3 nitrogen and oxygen atoms in total. The van der Waals surface area contributed by atoms with Crippen LogP contribution >= 0.6 is 11.6 Å². The van der Waals surface area contributed by atoms with Gasteiger partial charge in [0.05, 0.1) is 16.7 Å². The van der Waals surface area contributed by atoms with Crippen molar-refractivity contribution in [1.29, 1.82) is 0 Å². The van der Waals surface area contributed by atoms with Crippen LogP contribution in [-0.4, -0.2) is 22.1 Å². The van der Waals surface area contributed by atoms with Crippen LogP contribution in [0.2, 0.25) is 5.02 Å². The molecule has 0 unspecified atom stereocenters. The number of anilines is 1. The Morgan fingerprint density at radius 1 is 1.03 bits per heavy atom. The van der Waals surface area contributed by atoms with Crippen LogP contribution in [0, 0.1) is 20.8 Å². The van der Waals surface area contributed by atoms with Crippen LogP contribution in [-0.2, 0) is 6.54 Å². The molecule has 0 bridgehead atoms. The number of rotatable bonds is 6. The number of aryl methyl sites for hydroxylation is 2. The fourth-order valence-corrected chi connectivity index (χ4v) is 5.37. The fraction of sp³-hybridized carbons (Fsp3) is 0.480. The molecule has 0 spiro atoms. The summed E-state index contributed by atoms with van der Waals surface area (Å²) in [5.41, 5.74) is 9.54. The van der Waals surface area contributed by atoms with Crippen LogP contribution in [0.3, 0.4) is 0 Å². The maximum Gasteiger partial charge on any atom is 0.0987 e. The minimum absolute atomic E-state index is 0.602. The first-order chi connectivity index (χ1) is 14.0. The van der Waals surface area contributed by atoms with E-state index in [4.69, 9.17) is 16.6 Å². The SMILES string of the molecule is CCCC(CCC)N1CCn2c(C)c(-c3ccc(C)cc3Cl)c3nc(C)cc1c32. The van der Waals surface area contributed by atoms with Gasteiger partial charge in [0.1, 0.15) is 0 Å². The third-order valence-corrected chi connectivity index (χ3v) is 6.64. The number of hydrogen-bond acceptors (Lipinski definition) is 2. The first kappa shape index (κ1) is 20.3. The summed E-state index contributed by atoms with van der Waals surface area (Å²) in [6.45, 7) is 13.1.